The van der Waals surface area contributed by atoms with Crippen LogP contribution in [0.5, 0.6) is 0 Å². The fourth-order valence-corrected chi connectivity index (χ4v) is 0.286. The van der Waals surface area contributed by atoms with Crippen LogP contribution in [-0.2, 0) is 4.79 Å². The van der Waals surface area contributed by atoms with Gasteiger partial charge in [-0.1, -0.05) is 0 Å². The van der Waals surface area contributed by atoms with Gasteiger partial charge in [-0.3, -0.25) is 0 Å². The van der Waals surface area contributed by atoms with Gasteiger partial charge in [0.25, 0.3) is 0 Å². The Balaban J connectivity index is 3.59. The number of hydrogen-bond donors (Lipinski definition) is 2. The summed E-state index contributed by atoms with van der Waals surface area (Å²) in [6, 6.07) is 0. The zero-order valence-electron chi connectivity index (χ0n) is 5.09. The number of aliphatic carboxylic acids is 1. The van der Waals surface area contributed by atoms with Crippen molar-refractivity contribution in [1.29, 1.82) is 0 Å². The normalized spacial score (nSPS) is 11.3. The Hall–Kier alpha value is -1.01. The maximum absolute atomic E-state index is 9.89. The number of rotatable bonds is 2. The van der Waals surface area contributed by atoms with Crippen LogP contribution in [0, 0.1) is 11.8 Å². The van der Waals surface area contributed by atoms with Crippen LogP contribution in [0.2, 0.25) is 0 Å². The van der Waals surface area contributed by atoms with Crippen molar-refractivity contribution in [3.63, 3.8) is 0 Å². The summed E-state index contributed by atoms with van der Waals surface area (Å²) in [6.07, 6.45) is -1.33. The zero-order valence-corrected chi connectivity index (χ0v) is 5.09. The summed E-state index contributed by atoms with van der Waals surface area (Å²) in [6.45, 7) is 1.59. The summed E-state index contributed by atoms with van der Waals surface area (Å²) in [7, 11) is 0. The number of aliphatic hydroxyl groups excluding tert-OH is 1. The Morgan fingerprint density at radius 1 is 1.78 bits per heavy atom. The molecule has 0 bridgehead atoms. The lowest BCUT2D eigenvalue weighted by Crippen LogP contribution is -2.18. The van der Waals surface area contributed by atoms with E-state index in [0.29, 0.717) is 0 Å². The maximum atomic E-state index is 9.89. The molecule has 0 spiro atoms. The van der Waals surface area contributed by atoms with Crippen LogP contribution in [-0.4, -0.2) is 22.3 Å². The second-order valence-electron chi connectivity index (χ2n) is 1.48. The number of carboxylic acids is 1. The van der Waals surface area contributed by atoms with E-state index in [2.05, 4.69) is 11.8 Å². The summed E-state index contributed by atoms with van der Waals surface area (Å²) in [4.78, 5) is 9.89. The molecule has 0 fully saturated rings. The SMILES string of the molecule is CC#CCC(O)C(=O)O. The molecule has 3 nitrogen and oxygen atoms in total. The van der Waals surface area contributed by atoms with E-state index in [1.165, 1.54) is 0 Å². The maximum Gasteiger partial charge on any atom is 0.333 e. The molecule has 0 heterocycles. The topological polar surface area (TPSA) is 57.5 Å². The molecule has 2 N–H and O–H groups in total. The average molecular weight is 128 g/mol. The molecule has 0 aliphatic heterocycles. The van der Waals surface area contributed by atoms with E-state index in [9.17, 15) is 4.79 Å². The van der Waals surface area contributed by atoms with Gasteiger partial charge in [-0.25, -0.2) is 4.79 Å². The molecule has 0 saturated heterocycles. The molecule has 0 aromatic heterocycles. The van der Waals surface area contributed by atoms with Crippen LogP contribution in [0.4, 0.5) is 0 Å². The minimum Gasteiger partial charge on any atom is -0.479 e. The first-order valence-electron chi connectivity index (χ1n) is 2.49. The van der Waals surface area contributed by atoms with Gasteiger partial charge in [-0.05, 0) is 6.92 Å². The summed E-state index contributed by atoms with van der Waals surface area (Å²) in [5, 5.41) is 16.6. The number of aliphatic hydroxyl groups is 1. The fraction of sp³-hybridized carbons (Fsp3) is 0.500. The molecule has 0 saturated carbocycles. The van der Waals surface area contributed by atoms with Crippen molar-refractivity contribution in [2.24, 2.45) is 0 Å². The minimum atomic E-state index is -1.34. The van der Waals surface area contributed by atoms with Gasteiger partial charge >= 0.3 is 5.97 Å². The monoisotopic (exact) mass is 128 g/mol. The molecular formula is C6H8O3. The molecule has 0 aromatic rings. The highest BCUT2D eigenvalue weighted by Crippen LogP contribution is 1.87. The van der Waals surface area contributed by atoms with Gasteiger partial charge in [0, 0.05) is 6.42 Å². The summed E-state index contributed by atoms with van der Waals surface area (Å²) >= 11 is 0. The van der Waals surface area contributed by atoms with E-state index >= 15 is 0 Å². The molecule has 0 amide bonds. The second-order valence-corrected chi connectivity index (χ2v) is 1.48. The van der Waals surface area contributed by atoms with E-state index < -0.39 is 12.1 Å². The van der Waals surface area contributed by atoms with Gasteiger partial charge in [0.1, 0.15) is 0 Å². The van der Waals surface area contributed by atoms with E-state index in [1.807, 2.05) is 0 Å². The number of carbonyl (C=O) groups is 1. The summed E-state index contributed by atoms with van der Waals surface area (Å²) in [5.41, 5.74) is 0. The summed E-state index contributed by atoms with van der Waals surface area (Å²) in [5.74, 6) is 3.70. The van der Waals surface area contributed by atoms with Crippen LogP contribution in [0.15, 0.2) is 0 Å². The van der Waals surface area contributed by atoms with Crippen molar-refractivity contribution in [3.8, 4) is 11.8 Å². The van der Waals surface area contributed by atoms with Crippen LogP contribution < -0.4 is 0 Å². The number of hydrogen-bond acceptors (Lipinski definition) is 2. The van der Waals surface area contributed by atoms with Gasteiger partial charge in [-0.15, -0.1) is 11.8 Å². The molecular weight excluding hydrogens is 120 g/mol. The molecule has 9 heavy (non-hydrogen) atoms. The molecule has 0 radical (unpaired) electrons. The largest absolute Gasteiger partial charge is 0.479 e. The van der Waals surface area contributed by atoms with Crippen molar-refractivity contribution in [1.82, 2.24) is 0 Å². The third-order valence-electron chi connectivity index (χ3n) is 0.757. The van der Waals surface area contributed by atoms with Crippen molar-refractivity contribution in [2.45, 2.75) is 19.4 Å². The zero-order chi connectivity index (χ0) is 7.28. The molecule has 0 aliphatic carbocycles. The third kappa shape index (κ3) is 3.56. The molecule has 50 valence electrons. The standard InChI is InChI=1S/C6H8O3/c1-2-3-4-5(7)6(8)9/h5,7H,4H2,1H3,(H,8,9). The smallest absolute Gasteiger partial charge is 0.333 e. The highest BCUT2D eigenvalue weighted by molar-refractivity contribution is 5.72. The van der Waals surface area contributed by atoms with E-state index in [1.54, 1.807) is 6.92 Å². The molecule has 1 unspecified atom stereocenters. The van der Waals surface area contributed by atoms with Crippen molar-refractivity contribution >= 4 is 5.97 Å². The fourth-order valence-electron chi connectivity index (χ4n) is 0.286. The van der Waals surface area contributed by atoms with E-state index in [4.69, 9.17) is 10.2 Å². The first-order chi connectivity index (χ1) is 4.18. The van der Waals surface area contributed by atoms with Gasteiger partial charge in [0.05, 0.1) is 0 Å². The lowest BCUT2D eigenvalue weighted by molar-refractivity contribution is -0.146. The average Bonchev–Trinajstić information content (AvgIpc) is 1.82. The first-order valence-corrected chi connectivity index (χ1v) is 2.49. The quantitative estimate of drug-likeness (QED) is 0.508. The lowest BCUT2D eigenvalue weighted by atomic mass is 10.3. The highest BCUT2D eigenvalue weighted by atomic mass is 16.4. The third-order valence-corrected chi connectivity index (χ3v) is 0.757. The second kappa shape index (κ2) is 3.93. The van der Waals surface area contributed by atoms with Crippen molar-refractivity contribution < 1.29 is 15.0 Å². The van der Waals surface area contributed by atoms with Crippen LogP contribution in [0.25, 0.3) is 0 Å². The van der Waals surface area contributed by atoms with Gasteiger partial charge < -0.3 is 10.2 Å². The van der Waals surface area contributed by atoms with Crippen LogP contribution >= 0.6 is 0 Å². The van der Waals surface area contributed by atoms with Crippen molar-refractivity contribution in [3.05, 3.63) is 0 Å². The Labute approximate surface area is 53.3 Å². The Kier molecular flexibility index (Phi) is 3.49. The van der Waals surface area contributed by atoms with Crippen LogP contribution in [0.1, 0.15) is 13.3 Å². The highest BCUT2D eigenvalue weighted by Gasteiger charge is 2.09. The lowest BCUT2D eigenvalue weighted by Gasteiger charge is -1.95. The Morgan fingerprint density at radius 2 is 2.33 bits per heavy atom. The summed E-state index contributed by atoms with van der Waals surface area (Å²) < 4.78 is 0. The first kappa shape index (κ1) is 7.99. The van der Waals surface area contributed by atoms with Crippen molar-refractivity contribution in [2.75, 3.05) is 0 Å². The van der Waals surface area contributed by atoms with E-state index in [-0.39, 0.29) is 6.42 Å². The Morgan fingerprint density at radius 3 is 2.67 bits per heavy atom. The predicted molar refractivity (Wildman–Crippen MR) is 31.7 cm³/mol. The molecule has 0 rings (SSSR count). The van der Waals surface area contributed by atoms with Gasteiger partial charge in [0.2, 0.25) is 0 Å². The Bertz CT molecular complexity index is 151. The minimum absolute atomic E-state index is 0.00579. The molecule has 0 aliphatic rings. The van der Waals surface area contributed by atoms with E-state index in [0.717, 1.165) is 0 Å². The van der Waals surface area contributed by atoms with Gasteiger partial charge in [-0.2, -0.15) is 0 Å². The predicted octanol–water partition coefficient (Wildman–Crippen LogP) is -0.155. The molecule has 1 atom stereocenters. The molecule has 0 aromatic carbocycles. The number of carboxylic acid groups (broad SMARTS) is 1. The molecule has 3 heteroatoms. The van der Waals surface area contributed by atoms with Gasteiger partial charge in [0.15, 0.2) is 6.10 Å². The van der Waals surface area contributed by atoms with Crippen LogP contribution in [0.3, 0.4) is 0 Å².